The van der Waals surface area contributed by atoms with E-state index in [1.807, 2.05) is 12.1 Å². The van der Waals surface area contributed by atoms with Gasteiger partial charge in [0, 0.05) is 32.6 Å². The van der Waals surface area contributed by atoms with Crippen LogP contribution in [0.4, 0.5) is 0 Å². The monoisotopic (exact) mass is 286 g/mol. The number of nitrogens with zero attached hydrogens (tertiary/aromatic N) is 2. The van der Waals surface area contributed by atoms with Crippen molar-refractivity contribution in [1.29, 1.82) is 0 Å². The summed E-state index contributed by atoms with van der Waals surface area (Å²) >= 11 is 0. The number of rotatable bonds is 9. The molecule has 0 aliphatic carbocycles. The number of aryl methyl sites for hydroxylation is 1. The molecule has 19 heavy (non-hydrogen) atoms. The van der Waals surface area contributed by atoms with E-state index in [1.54, 1.807) is 19.4 Å². The summed E-state index contributed by atoms with van der Waals surface area (Å²) in [6.45, 7) is 0.678. The zero-order valence-electron chi connectivity index (χ0n) is 11.3. The van der Waals surface area contributed by atoms with Gasteiger partial charge in [-0.3, -0.25) is 4.98 Å². The predicted molar refractivity (Wildman–Crippen MR) is 75.3 cm³/mol. The largest absolute Gasteiger partial charge is 0.396 e. The van der Waals surface area contributed by atoms with Crippen molar-refractivity contribution in [1.82, 2.24) is 9.29 Å². The van der Waals surface area contributed by atoms with Crippen molar-refractivity contribution < 1.29 is 13.5 Å². The molecule has 0 saturated carbocycles. The molecule has 0 spiro atoms. The molecular weight excluding hydrogens is 264 g/mol. The Balaban J connectivity index is 2.38. The first-order valence-corrected chi connectivity index (χ1v) is 8.11. The summed E-state index contributed by atoms with van der Waals surface area (Å²) in [7, 11) is -1.58. The number of unbranched alkanes of at least 4 members (excludes halogenated alkanes) is 2. The standard InChI is InChI=1S/C13H22N2O3S/c1-15(10-3-2-4-11-16)19(17,18)12-7-13-5-8-14-9-6-13/h5-6,8-9,16H,2-4,7,10-12H2,1H3. The van der Waals surface area contributed by atoms with Crippen molar-refractivity contribution in [2.24, 2.45) is 0 Å². The molecular formula is C13H22N2O3S. The fraction of sp³-hybridized carbons (Fsp3) is 0.615. The third-order valence-electron chi connectivity index (χ3n) is 3.00. The van der Waals surface area contributed by atoms with Gasteiger partial charge in [0.15, 0.2) is 0 Å². The Kier molecular flexibility index (Phi) is 6.97. The molecule has 1 aromatic rings. The molecule has 1 aromatic heterocycles. The summed E-state index contributed by atoms with van der Waals surface area (Å²) in [6.07, 6.45) is 6.20. The second-order valence-electron chi connectivity index (χ2n) is 4.53. The third kappa shape index (κ3) is 6.13. The van der Waals surface area contributed by atoms with Crippen LogP contribution in [0.5, 0.6) is 0 Å². The van der Waals surface area contributed by atoms with E-state index in [-0.39, 0.29) is 12.4 Å². The first-order chi connectivity index (χ1) is 9.06. The Morgan fingerprint density at radius 2 is 1.89 bits per heavy atom. The normalized spacial score (nSPS) is 11.9. The summed E-state index contributed by atoms with van der Waals surface area (Å²) < 4.78 is 25.5. The Bertz CT molecular complexity index is 448. The lowest BCUT2D eigenvalue weighted by Gasteiger charge is -2.16. The molecule has 0 radical (unpaired) electrons. The average molecular weight is 286 g/mol. The zero-order valence-corrected chi connectivity index (χ0v) is 12.1. The first-order valence-electron chi connectivity index (χ1n) is 6.50. The molecule has 6 heteroatoms. The third-order valence-corrected chi connectivity index (χ3v) is 4.86. The number of hydrogen-bond acceptors (Lipinski definition) is 4. The van der Waals surface area contributed by atoms with Gasteiger partial charge < -0.3 is 5.11 Å². The molecule has 0 saturated heterocycles. The number of pyridine rings is 1. The van der Waals surface area contributed by atoms with E-state index in [4.69, 9.17) is 5.11 Å². The van der Waals surface area contributed by atoms with Gasteiger partial charge in [-0.2, -0.15) is 0 Å². The van der Waals surface area contributed by atoms with Gasteiger partial charge in [-0.1, -0.05) is 0 Å². The summed E-state index contributed by atoms with van der Waals surface area (Å²) in [6, 6.07) is 3.66. The lowest BCUT2D eigenvalue weighted by Crippen LogP contribution is -2.30. The molecule has 5 nitrogen and oxygen atoms in total. The maximum Gasteiger partial charge on any atom is 0.214 e. The smallest absolute Gasteiger partial charge is 0.214 e. The maximum atomic E-state index is 12.0. The zero-order chi connectivity index (χ0) is 14.1. The molecule has 0 unspecified atom stereocenters. The number of aliphatic hydroxyl groups excluding tert-OH is 1. The van der Waals surface area contributed by atoms with Crippen molar-refractivity contribution in [2.45, 2.75) is 25.7 Å². The molecule has 0 aromatic carbocycles. The van der Waals surface area contributed by atoms with Gasteiger partial charge in [-0.15, -0.1) is 0 Å². The van der Waals surface area contributed by atoms with Crippen LogP contribution in [0.1, 0.15) is 24.8 Å². The van der Waals surface area contributed by atoms with Crippen molar-refractivity contribution >= 4 is 10.0 Å². The predicted octanol–water partition coefficient (Wildman–Crippen LogP) is 1.05. The lowest BCUT2D eigenvalue weighted by atomic mass is 10.2. The van der Waals surface area contributed by atoms with E-state index in [0.717, 1.165) is 24.8 Å². The number of sulfonamides is 1. The minimum absolute atomic E-state index is 0.119. The van der Waals surface area contributed by atoms with Crippen molar-refractivity contribution in [3.63, 3.8) is 0 Å². The van der Waals surface area contributed by atoms with E-state index in [2.05, 4.69) is 4.98 Å². The quantitative estimate of drug-likeness (QED) is 0.689. The second-order valence-corrected chi connectivity index (χ2v) is 6.72. The second kappa shape index (κ2) is 8.24. The van der Waals surface area contributed by atoms with E-state index >= 15 is 0 Å². The van der Waals surface area contributed by atoms with Crippen LogP contribution in [0.25, 0.3) is 0 Å². The van der Waals surface area contributed by atoms with Gasteiger partial charge in [0.1, 0.15) is 0 Å². The van der Waals surface area contributed by atoms with Crippen LogP contribution in [-0.4, -0.2) is 48.8 Å². The Hall–Kier alpha value is -0.980. The summed E-state index contributed by atoms with van der Waals surface area (Å²) in [5.74, 6) is 0.119. The highest BCUT2D eigenvalue weighted by Crippen LogP contribution is 2.06. The highest BCUT2D eigenvalue weighted by molar-refractivity contribution is 7.89. The molecule has 0 amide bonds. The lowest BCUT2D eigenvalue weighted by molar-refractivity contribution is 0.281. The van der Waals surface area contributed by atoms with E-state index in [0.29, 0.717) is 13.0 Å². The van der Waals surface area contributed by atoms with Gasteiger partial charge in [-0.25, -0.2) is 12.7 Å². The molecule has 0 aliphatic heterocycles. The van der Waals surface area contributed by atoms with Crippen molar-refractivity contribution in [2.75, 3.05) is 26.0 Å². The molecule has 1 N–H and O–H groups in total. The minimum Gasteiger partial charge on any atom is -0.396 e. The van der Waals surface area contributed by atoms with Gasteiger partial charge in [0.05, 0.1) is 5.75 Å². The van der Waals surface area contributed by atoms with Crippen LogP contribution in [0, 0.1) is 0 Å². The first kappa shape index (κ1) is 16.1. The average Bonchev–Trinajstić information content (AvgIpc) is 2.42. The number of hydrogen-bond donors (Lipinski definition) is 1. The van der Waals surface area contributed by atoms with Crippen LogP contribution >= 0.6 is 0 Å². The fourth-order valence-electron chi connectivity index (χ4n) is 1.71. The van der Waals surface area contributed by atoms with E-state index in [1.165, 1.54) is 4.31 Å². The molecule has 1 heterocycles. The van der Waals surface area contributed by atoms with Gasteiger partial charge >= 0.3 is 0 Å². The van der Waals surface area contributed by atoms with Crippen LogP contribution in [0.2, 0.25) is 0 Å². The summed E-state index contributed by atoms with van der Waals surface area (Å²) in [5.41, 5.74) is 0.979. The Morgan fingerprint density at radius 1 is 1.21 bits per heavy atom. The summed E-state index contributed by atoms with van der Waals surface area (Å²) in [4.78, 5) is 3.90. The van der Waals surface area contributed by atoms with Crippen LogP contribution < -0.4 is 0 Å². The van der Waals surface area contributed by atoms with Gasteiger partial charge in [0.25, 0.3) is 0 Å². The number of aromatic nitrogens is 1. The number of aliphatic hydroxyl groups is 1. The molecule has 0 aliphatic rings. The van der Waals surface area contributed by atoms with Crippen molar-refractivity contribution in [3.8, 4) is 0 Å². The van der Waals surface area contributed by atoms with Crippen molar-refractivity contribution in [3.05, 3.63) is 30.1 Å². The highest BCUT2D eigenvalue weighted by Gasteiger charge is 2.16. The molecule has 0 bridgehead atoms. The fourth-order valence-corrected chi connectivity index (χ4v) is 2.93. The molecule has 108 valence electrons. The molecule has 0 fully saturated rings. The Morgan fingerprint density at radius 3 is 2.53 bits per heavy atom. The molecule has 1 rings (SSSR count). The minimum atomic E-state index is -3.20. The van der Waals surface area contributed by atoms with Gasteiger partial charge in [0.2, 0.25) is 10.0 Å². The van der Waals surface area contributed by atoms with E-state index in [9.17, 15) is 8.42 Å². The van der Waals surface area contributed by atoms with Crippen LogP contribution in [0.3, 0.4) is 0 Å². The highest BCUT2D eigenvalue weighted by atomic mass is 32.2. The van der Waals surface area contributed by atoms with Crippen LogP contribution in [0.15, 0.2) is 24.5 Å². The van der Waals surface area contributed by atoms with Gasteiger partial charge in [-0.05, 0) is 43.4 Å². The molecule has 0 atom stereocenters. The Labute approximate surface area is 115 Å². The van der Waals surface area contributed by atoms with E-state index < -0.39 is 10.0 Å². The van der Waals surface area contributed by atoms with Crippen LogP contribution in [-0.2, 0) is 16.4 Å². The SMILES string of the molecule is CN(CCCCCO)S(=O)(=O)CCc1ccncc1. The topological polar surface area (TPSA) is 70.5 Å². The summed E-state index contributed by atoms with van der Waals surface area (Å²) in [5, 5.41) is 8.66. The maximum absolute atomic E-state index is 12.0.